The van der Waals surface area contributed by atoms with Crippen LogP contribution >= 0.6 is 11.3 Å². The zero-order valence-corrected chi connectivity index (χ0v) is 12.5. The number of nitrogens with one attached hydrogen (secondary N) is 1. The summed E-state index contributed by atoms with van der Waals surface area (Å²) in [5.74, 6) is 5.07. The molecule has 0 saturated heterocycles. The van der Waals surface area contributed by atoms with Crippen LogP contribution in [0.2, 0.25) is 0 Å². The Morgan fingerprint density at radius 2 is 2.29 bits per heavy atom. The van der Waals surface area contributed by atoms with Crippen LogP contribution in [-0.2, 0) is 13.0 Å². The maximum Gasteiger partial charge on any atom is 0.270 e. The Balaban J connectivity index is 1.97. The molecule has 108 valence electrons. The van der Waals surface area contributed by atoms with Crippen molar-refractivity contribution in [3.05, 3.63) is 51.5 Å². The van der Waals surface area contributed by atoms with Gasteiger partial charge in [-0.05, 0) is 35.6 Å². The molecule has 0 aliphatic carbocycles. The van der Waals surface area contributed by atoms with Gasteiger partial charge in [0.25, 0.3) is 5.91 Å². The molecular formula is C16H16N2O2S. The predicted molar refractivity (Wildman–Crippen MR) is 83.1 cm³/mol. The van der Waals surface area contributed by atoms with E-state index in [9.17, 15) is 4.79 Å². The Morgan fingerprint density at radius 1 is 1.43 bits per heavy atom. The van der Waals surface area contributed by atoms with E-state index in [0.29, 0.717) is 17.8 Å². The molecule has 2 aromatic heterocycles. The summed E-state index contributed by atoms with van der Waals surface area (Å²) in [7, 11) is 0. The SMILES string of the molecule is CCc1ccsc1CNC(=O)c1ccc(C#CCO)cn1. The Kier molecular flexibility index (Phi) is 5.50. The number of aliphatic hydroxyl groups is 1. The topological polar surface area (TPSA) is 62.2 Å². The van der Waals surface area contributed by atoms with Gasteiger partial charge in [-0.15, -0.1) is 11.3 Å². The van der Waals surface area contributed by atoms with E-state index < -0.39 is 0 Å². The summed E-state index contributed by atoms with van der Waals surface area (Å²) in [4.78, 5) is 17.3. The molecule has 2 aromatic rings. The van der Waals surface area contributed by atoms with Crippen molar-refractivity contribution in [2.24, 2.45) is 0 Å². The molecule has 1 amide bonds. The molecule has 0 spiro atoms. The Labute approximate surface area is 127 Å². The first kappa shape index (κ1) is 15.2. The summed E-state index contributed by atoms with van der Waals surface area (Å²) >= 11 is 1.65. The summed E-state index contributed by atoms with van der Waals surface area (Å²) in [5.41, 5.74) is 2.30. The molecule has 0 saturated carbocycles. The number of rotatable bonds is 4. The molecule has 0 radical (unpaired) electrons. The van der Waals surface area contributed by atoms with E-state index in [1.54, 1.807) is 23.5 Å². The summed E-state index contributed by atoms with van der Waals surface area (Å²) < 4.78 is 0. The number of carbonyl (C=O) groups is 1. The van der Waals surface area contributed by atoms with Crippen molar-refractivity contribution in [1.82, 2.24) is 10.3 Å². The third-order valence-electron chi connectivity index (χ3n) is 2.94. The molecular weight excluding hydrogens is 284 g/mol. The van der Waals surface area contributed by atoms with Crippen molar-refractivity contribution >= 4 is 17.2 Å². The first-order valence-electron chi connectivity index (χ1n) is 6.63. The summed E-state index contributed by atoms with van der Waals surface area (Å²) in [6, 6.07) is 5.43. The number of aromatic nitrogens is 1. The zero-order valence-electron chi connectivity index (χ0n) is 11.7. The second kappa shape index (κ2) is 7.58. The van der Waals surface area contributed by atoms with Crippen LogP contribution in [0, 0.1) is 11.8 Å². The van der Waals surface area contributed by atoms with Crippen LogP contribution in [-0.4, -0.2) is 22.6 Å². The first-order valence-corrected chi connectivity index (χ1v) is 7.51. The molecule has 21 heavy (non-hydrogen) atoms. The lowest BCUT2D eigenvalue weighted by Gasteiger charge is -2.05. The largest absolute Gasteiger partial charge is 0.384 e. The highest BCUT2D eigenvalue weighted by Gasteiger charge is 2.08. The van der Waals surface area contributed by atoms with E-state index >= 15 is 0 Å². The monoisotopic (exact) mass is 300 g/mol. The smallest absolute Gasteiger partial charge is 0.270 e. The third-order valence-corrected chi connectivity index (χ3v) is 3.90. The van der Waals surface area contributed by atoms with Gasteiger partial charge in [0.05, 0.1) is 6.54 Å². The number of carbonyl (C=O) groups excluding carboxylic acids is 1. The minimum atomic E-state index is -0.202. The molecule has 0 bridgehead atoms. The number of aliphatic hydroxyl groups excluding tert-OH is 1. The second-order valence-corrected chi connectivity index (χ2v) is 5.30. The van der Waals surface area contributed by atoms with Gasteiger partial charge in [0, 0.05) is 16.6 Å². The average molecular weight is 300 g/mol. The van der Waals surface area contributed by atoms with Crippen LogP contribution in [0.25, 0.3) is 0 Å². The zero-order chi connectivity index (χ0) is 15.1. The molecule has 2 rings (SSSR count). The molecule has 0 aromatic carbocycles. The molecule has 5 heteroatoms. The van der Waals surface area contributed by atoms with Crippen LogP contribution < -0.4 is 5.32 Å². The fourth-order valence-electron chi connectivity index (χ4n) is 1.83. The second-order valence-electron chi connectivity index (χ2n) is 4.30. The molecule has 0 atom stereocenters. The highest BCUT2D eigenvalue weighted by atomic mass is 32.1. The van der Waals surface area contributed by atoms with Crippen molar-refractivity contribution in [3.63, 3.8) is 0 Å². The van der Waals surface area contributed by atoms with Gasteiger partial charge in [0.15, 0.2) is 0 Å². The number of nitrogens with zero attached hydrogens (tertiary/aromatic N) is 1. The summed E-state index contributed by atoms with van der Waals surface area (Å²) in [6.45, 7) is 2.43. The Bertz CT molecular complexity index is 666. The van der Waals surface area contributed by atoms with Gasteiger partial charge in [0.2, 0.25) is 0 Å². The maximum atomic E-state index is 12.0. The third kappa shape index (κ3) is 4.15. The van der Waals surface area contributed by atoms with Crippen molar-refractivity contribution in [2.45, 2.75) is 19.9 Å². The lowest BCUT2D eigenvalue weighted by Crippen LogP contribution is -2.23. The quantitative estimate of drug-likeness (QED) is 0.849. The van der Waals surface area contributed by atoms with E-state index in [1.165, 1.54) is 16.6 Å². The van der Waals surface area contributed by atoms with E-state index in [1.807, 2.05) is 5.38 Å². The molecule has 0 aliphatic rings. The lowest BCUT2D eigenvalue weighted by molar-refractivity contribution is 0.0946. The van der Waals surface area contributed by atoms with Crippen molar-refractivity contribution in [2.75, 3.05) is 6.61 Å². The van der Waals surface area contributed by atoms with E-state index in [4.69, 9.17) is 5.11 Å². The number of thiophene rings is 1. The van der Waals surface area contributed by atoms with Gasteiger partial charge in [-0.2, -0.15) is 0 Å². The van der Waals surface area contributed by atoms with Gasteiger partial charge in [-0.1, -0.05) is 18.8 Å². The van der Waals surface area contributed by atoms with Gasteiger partial charge in [-0.25, -0.2) is 4.98 Å². The van der Waals surface area contributed by atoms with Gasteiger partial charge in [-0.3, -0.25) is 4.79 Å². The fraction of sp³-hybridized carbons (Fsp3) is 0.250. The predicted octanol–water partition coefficient (Wildman–Crippen LogP) is 1.98. The molecule has 0 unspecified atom stereocenters. The molecule has 0 fully saturated rings. The van der Waals surface area contributed by atoms with Crippen molar-refractivity contribution in [3.8, 4) is 11.8 Å². The minimum absolute atomic E-state index is 0.192. The lowest BCUT2D eigenvalue weighted by atomic mass is 10.2. The highest BCUT2D eigenvalue weighted by molar-refractivity contribution is 7.10. The van der Waals surface area contributed by atoms with E-state index in [-0.39, 0.29) is 12.5 Å². The van der Waals surface area contributed by atoms with Gasteiger partial charge < -0.3 is 10.4 Å². The first-order chi connectivity index (χ1) is 10.2. The fourth-order valence-corrected chi connectivity index (χ4v) is 2.75. The van der Waals surface area contributed by atoms with E-state index in [0.717, 1.165) is 6.42 Å². The van der Waals surface area contributed by atoms with Gasteiger partial charge >= 0.3 is 0 Å². The minimum Gasteiger partial charge on any atom is -0.384 e. The summed E-state index contributed by atoms with van der Waals surface area (Å²) in [6.07, 6.45) is 2.49. The molecule has 0 aliphatic heterocycles. The molecule has 2 heterocycles. The Morgan fingerprint density at radius 3 is 2.95 bits per heavy atom. The van der Waals surface area contributed by atoms with Crippen LogP contribution in [0.4, 0.5) is 0 Å². The average Bonchev–Trinajstić information content (AvgIpc) is 2.98. The highest BCUT2D eigenvalue weighted by Crippen LogP contribution is 2.17. The maximum absolute atomic E-state index is 12.0. The number of aryl methyl sites for hydroxylation is 1. The van der Waals surface area contributed by atoms with Crippen molar-refractivity contribution < 1.29 is 9.90 Å². The number of hydrogen-bond acceptors (Lipinski definition) is 4. The van der Waals surface area contributed by atoms with E-state index in [2.05, 4.69) is 35.1 Å². The van der Waals surface area contributed by atoms with Crippen LogP contribution in [0.3, 0.4) is 0 Å². The Hall–Kier alpha value is -2.16. The van der Waals surface area contributed by atoms with Gasteiger partial charge in [0.1, 0.15) is 12.3 Å². The molecule has 4 nitrogen and oxygen atoms in total. The normalized spacial score (nSPS) is 9.81. The number of pyridine rings is 1. The standard InChI is InChI=1S/C16H16N2O2S/c1-2-13-7-9-21-15(13)11-18-16(20)14-6-5-12(10-17-14)4-3-8-19/h5-7,9-10,19H,2,8,11H2,1H3,(H,18,20). The van der Waals surface area contributed by atoms with Crippen LogP contribution in [0.5, 0.6) is 0 Å². The summed E-state index contributed by atoms with van der Waals surface area (Å²) in [5, 5.41) is 13.5. The number of amides is 1. The van der Waals surface area contributed by atoms with Crippen LogP contribution in [0.1, 0.15) is 33.4 Å². The molecule has 2 N–H and O–H groups in total. The van der Waals surface area contributed by atoms with Crippen LogP contribution in [0.15, 0.2) is 29.8 Å². The van der Waals surface area contributed by atoms with Crippen molar-refractivity contribution in [1.29, 1.82) is 0 Å². The number of hydrogen-bond donors (Lipinski definition) is 2.